The van der Waals surface area contributed by atoms with Gasteiger partial charge in [0.05, 0.1) is 11.4 Å². The van der Waals surface area contributed by atoms with Crippen molar-refractivity contribution in [3.63, 3.8) is 0 Å². The van der Waals surface area contributed by atoms with Crippen LogP contribution in [0.4, 0.5) is 0 Å². The minimum atomic E-state index is -0.805. The molecule has 25 heavy (non-hydrogen) atoms. The van der Waals surface area contributed by atoms with Gasteiger partial charge in [-0.05, 0) is 31.0 Å². The van der Waals surface area contributed by atoms with Crippen molar-refractivity contribution < 1.29 is 5.11 Å². The van der Waals surface area contributed by atoms with Crippen LogP contribution in [0.15, 0.2) is 60.8 Å². The third-order valence-corrected chi connectivity index (χ3v) is 4.92. The monoisotopic (exact) mass is 334 g/mol. The number of aromatic amines is 1. The molecule has 1 saturated heterocycles. The number of aromatic nitrogens is 3. The molecule has 1 aliphatic rings. The minimum Gasteiger partial charge on any atom is -0.383 e. The highest BCUT2D eigenvalue weighted by atomic mass is 16.3. The number of H-pyrrole nitrogens is 1. The van der Waals surface area contributed by atoms with E-state index in [0.717, 1.165) is 42.3 Å². The van der Waals surface area contributed by atoms with Gasteiger partial charge in [-0.1, -0.05) is 36.4 Å². The van der Waals surface area contributed by atoms with Crippen LogP contribution in [0, 0.1) is 0 Å². The highest BCUT2D eigenvalue weighted by Gasteiger charge is 2.35. The molecule has 4 rings (SSSR count). The summed E-state index contributed by atoms with van der Waals surface area (Å²) in [5, 5.41) is 18.4. The molecule has 5 nitrogen and oxygen atoms in total. The number of nitrogens with zero attached hydrogens (tertiary/aromatic N) is 3. The first-order chi connectivity index (χ1) is 12.2. The van der Waals surface area contributed by atoms with Crippen LogP contribution in [0.25, 0.3) is 11.3 Å². The van der Waals surface area contributed by atoms with E-state index in [1.807, 2.05) is 36.4 Å². The molecule has 3 aromatic rings. The van der Waals surface area contributed by atoms with E-state index in [4.69, 9.17) is 0 Å². The van der Waals surface area contributed by atoms with Gasteiger partial charge in [0.1, 0.15) is 5.60 Å². The lowest BCUT2D eigenvalue weighted by atomic mass is 9.87. The predicted molar refractivity (Wildman–Crippen MR) is 96.7 cm³/mol. The highest BCUT2D eigenvalue weighted by molar-refractivity contribution is 5.58. The first kappa shape index (κ1) is 16.0. The number of piperidine rings is 1. The molecule has 5 heteroatoms. The molecule has 1 fully saturated rings. The van der Waals surface area contributed by atoms with Crippen molar-refractivity contribution >= 4 is 0 Å². The second-order valence-corrected chi connectivity index (χ2v) is 6.67. The van der Waals surface area contributed by atoms with Crippen molar-refractivity contribution in [2.75, 3.05) is 13.1 Å². The Labute approximate surface area is 147 Å². The lowest BCUT2D eigenvalue weighted by molar-refractivity contribution is -0.0313. The SMILES string of the molecule is OC1(c2ccccn2)CCN(Cc2cc(-c3ccccc3)n[nH]2)CC1. The van der Waals surface area contributed by atoms with Crippen molar-refractivity contribution in [2.24, 2.45) is 0 Å². The summed E-state index contributed by atoms with van der Waals surface area (Å²) >= 11 is 0. The van der Waals surface area contributed by atoms with E-state index in [-0.39, 0.29) is 0 Å². The normalized spacial score (nSPS) is 17.5. The van der Waals surface area contributed by atoms with Crippen molar-refractivity contribution in [1.82, 2.24) is 20.1 Å². The number of rotatable bonds is 4. The maximum Gasteiger partial charge on any atom is 0.109 e. The smallest absolute Gasteiger partial charge is 0.109 e. The van der Waals surface area contributed by atoms with Crippen molar-refractivity contribution in [3.05, 3.63) is 72.2 Å². The van der Waals surface area contributed by atoms with E-state index in [2.05, 4.69) is 38.3 Å². The molecule has 3 heterocycles. The Kier molecular flexibility index (Phi) is 4.34. The largest absolute Gasteiger partial charge is 0.383 e. The second-order valence-electron chi connectivity index (χ2n) is 6.67. The van der Waals surface area contributed by atoms with Gasteiger partial charge in [0, 0.05) is 37.1 Å². The molecule has 0 aliphatic carbocycles. The van der Waals surface area contributed by atoms with Crippen LogP contribution in [0.5, 0.6) is 0 Å². The van der Waals surface area contributed by atoms with Crippen molar-refractivity contribution in [3.8, 4) is 11.3 Å². The first-order valence-electron chi connectivity index (χ1n) is 8.69. The molecule has 2 aromatic heterocycles. The van der Waals surface area contributed by atoms with E-state index in [1.165, 1.54) is 0 Å². The summed E-state index contributed by atoms with van der Waals surface area (Å²) in [7, 11) is 0. The van der Waals surface area contributed by atoms with E-state index in [9.17, 15) is 5.11 Å². The van der Waals surface area contributed by atoms with E-state index >= 15 is 0 Å². The maximum atomic E-state index is 10.9. The van der Waals surface area contributed by atoms with Crippen molar-refractivity contribution in [1.29, 1.82) is 0 Å². The van der Waals surface area contributed by atoms with Crippen LogP contribution >= 0.6 is 0 Å². The molecule has 0 unspecified atom stereocenters. The predicted octanol–water partition coefficient (Wildman–Crippen LogP) is 2.96. The van der Waals surface area contributed by atoms with Crippen molar-refractivity contribution in [2.45, 2.75) is 25.0 Å². The Bertz CT molecular complexity index is 808. The van der Waals surface area contributed by atoms with Gasteiger partial charge in [0.2, 0.25) is 0 Å². The summed E-state index contributed by atoms with van der Waals surface area (Å²) in [5.41, 5.74) is 3.16. The fourth-order valence-corrected chi connectivity index (χ4v) is 3.42. The third-order valence-electron chi connectivity index (χ3n) is 4.92. The molecule has 1 aromatic carbocycles. The number of aliphatic hydroxyl groups is 1. The Morgan fingerprint density at radius 1 is 1.04 bits per heavy atom. The van der Waals surface area contributed by atoms with Crippen LogP contribution in [-0.4, -0.2) is 38.3 Å². The van der Waals surface area contributed by atoms with E-state index < -0.39 is 5.60 Å². The molecule has 0 saturated carbocycles. The molecule has 0 amide bonds. The van der Waals surface area contributed by atoms with Gasteiger partial charge in [-0.15, -0.1) is 0 Å². The maximum absolute atomic E-state index is 10.9. The summed E-state index contributed by atoms with van der Waals surface area (Å²) in [6.45, 7) is 2.50. The van der Waals surface area contributed by atoms with E-state index in [0.29, 0.717) is 12.8 Å². The minimum absolute atomic E-state index is 0.698. The topological polar surface area (TPSA) is 65.0 Å². The number of hydrogen-bond acceptors (Lipinski definition) is 4. The molecular formula is C20H22N4O. The Hall–Kier alpha value is -2.50. The fourth-order valence-electron chi connectivity index (χ4n) is 3.42. The van der Waals surface area contributed by atoms with Crippen LogP contribution in [0.3, 0.4) is 0 Å². The summed E-state index contributed by atoms with van der Waals surface area (Å²) in [6.07, 6.45) is 3.14. The number of benzene rings is 1. The number of likely N-dealkylation sites (tertiary alicyclic amines) is 1. The lowest BCUT2D eigenvalue weighted by Crippen LogP contribution is -2.42. The van der Waals surface area contributed by atoms with Gasteiger partial charge >= 0.3 is 0 Å². The molecule has 1 aliphatic heterocycles. The van der Waals surface area contributed by atoms with Gasteiger partial charge in [-0.2, -0.15) is 5.10 Å². The molecular weight excluding hydrogens is 312 g/mol. The van der Waals surface area contributed by atoms with E-state index in [1.54, 1.807) is 6.20 Å². The fraction of sp³-hybridized carbons (Fsp3) is 0.300. The number of pyridine rings is 1. The molecule has 0 bridgehead atoms. The van der Waals surface area contributed by atoms with Gasteiger partial charge in [0.25, 0.3) is 0 Å². The van der Waals surface area contributed by atoms with Gasteiger partial charge in [-0.25, -0.2) is 0 Å². The Morgan fingerprint density at radius 3 is 2.52 bits per heavy atom. The second kappa shape index (κ2) is 6.78. The average Bonchev–Trinajstić information content (AvgIpc) is 3.14. The highest BCUT2D eigenvalue weighted by Crippen LogP contribution is 2.31. The standard InChI is InChI=1S/C20H22N4O/c25-20(19-8-4-5-11-21-19)9-12-24(13-10-20)15-17-14-18(23-22-17)16-6-2-1-3-7-16/h1-8,11,14,25H,9-10,12-13,15H2,(H,22,23). The Balaban J connectivity index is 1.39. The summed E-state index contributed by atoms with van der Waals surface area (Å²) in [5.74, 6) is 0. The molecule has 2 N–H and O–H groups in total. The Morgan fingerprint density at radius 2 is 1.80 bits per heavy atom. The number of hydrogen-bond donors (Lipinski definition) is 2. The molecule has 128 valence electrons. The average molecular weight is 334 g/mol. The van der Waals surface area contributed by atoms with Gasteiger partial charge < -0.3 is 5.11 Å². The molecule has 0 atom stereocenters. The zero-order valence-corrected chi connectivity index (χ0v) is 14.1. The first-order valence-corrected chi connectivity index (χ1v) is 8.69. The zero-order chi connectivity index (χ0) is 17.1. The van der Waals surface area contributed by atoms with Gasteiger partial charge in [-0.3, -0.25) is 15.0 Å². The quantitative estimate of drug-likeness (QED) is 0.770. The van der Waals surface area contributed by atoms with Crippen LogP contribution in [0.2, 0.25) is 0 Å². The van der Waals surface area contributed by atoms with Crippen LogP contribution in [-0.2, 0) is 12.1 Å². The van der Waals surface area contributed by atoms with Gasteiger partial charge in [0.15, 0.2) is 0 Å². The lowest BCUT2D eigenvalue weighted by Gasteiger charge is -2.37. The number of nitrogens with one attached hydrogen (secondary N) is 1. The summed E-state index contributed by atoms with van der Waals surface area (Å²) in [4.78, 5) is 6.68. The third kappa shape index (κ3) is 3.48. The zero-order valence-electron chi connectivity index (χ0n) is 14.1. The van der Waals surface area contributed by atoms with Crippen LogP contribution < -0.4 is 0 Å². The summed E-state index contributed by atoms with van der Waals surface area (Å²) < 4.78 is 0. The molecule has 0 spiro atoms. The summed E-state index contributed by atoms with van der Waals surface area (Å²) in [6, 6.07) is 18.0. The molecule has 0 radical (unpaired) electrons. The van der Waals surface area contributed by atoms with Crippen LogP contribution in [0.1, 0.15) is 24.2 Å².